The van der Waals surface area contributed by atoms with Crippen LogP contribution in [0.3, 0.4) is 0 Å². The number of rotatable bonds is 4. The molecular weight excluding hydrogens is 226 g/mol. The van der Waals surface area contributed by atoms with Crippen molar-refractivity contribution in [3.05, 3.63) is 0 Å². The maximum absolute atomic E-state index is 11.9. The van der Waals surface area contributed by atoms with Crippen LogP contribution >= 0.6 is 0 Å². The minimum Gasteiger partial charge on any atom is -0.395 e. The highest BCUT2D eigenvalue weighted by atomic mass is 32.2. The largest absolute Gasteiger partial charge is 0.395 e. The van der Waals surface area contributed by atoms with Crippen LogP contribution < -0.4 is 0 Å². The molecule has 0 aliphatic carbocycles. The van der Waals surface area contributed by atoms with E-state index < -0.39 is 14.6 Å². The van der Waals surface area contributed by atoms with E-state index in [0.29, 0.717) is 6.54 Å². The SMILES string of the molecule is CC(C)(C)S(=O)(=O)CCN1CCC[C@@H]1CO. The third-order valence-corrected chi connectivity index (χ3v) is 5.88. The molecule has 1 saturated heterocycles. The molecule has 0 unspecified atom stereocenters. The van der Waals surface area contributed by atoms with Crippen LogP contribution in [0.1, 0.15) is 33.6 Å². The van der Waals surface area contributed by atoms with Gasteiger partial charge in [-0.2, -0.15) is 0 Å². The molecule has 5 heteroatoms. The lowest BCUT2D eigenvalue weighted by Gasteiger charge is -2.25. The Kier molecular flexibility index (Phi) is 4.37. The molecule has 1 aliphatic rings. The van der Waals surface area contributed by atoms with Crippen LogP contribution in [0, 0.1) is 0 Å². The molecule has 0 amide bonds. The van der Waals surface area contributed by atoms with E-state index in [0.717, 1.165) is 19.4 Å². The van der Waals surface area contributed by atoms with Gasteiger partial charge in [0.15, 0.2) is 9.84 Å². The van der Waals surface area contributed by atoms with Gasteiger partial charge in [-0.25, -0.2) is 8.42 Å². The summed E-state index contributed by atoms with van der Waals surface area (Å²) in [6.07, 6.45) is 2.03. The molecule has 0 radical (unpaired) electrons. The fourth-order valence-electron chi connectivity index (χ4n) is 1.94. The van der Waals surface area contributed by atoms with Crippen LogP contribution in [0.15, 0.2) is 0 Å². The molecule has 1 N–H and O–H groups in total. The van der Waals surface area contributed by atoms with E-state index in [4.69, 9.17) is 5.11 Å². The molecular formula is C11H23NO3S. The second kappa shape index (κ2) is 5.02. The van der Waals surface area contributed by atoms with E-state index in [9.17, 15) is 8.42 Å². The first-order valence-corrected chi connectivity index (χ1v) is 7.50. The Morgan fingerprint density at radius 1 is 1.38 bits per heavy atom. The summed E-state index contributed by atoms with van der Waals surface area (Å²) in [6, 6.07) is 0.162. The van der Waals surface area contributed by atoms with Crippen molar-refractivity contribution >= 4 is 9.84 Å². The molecule has 1 aliphatic heterocycles. The van der Waals surface area contributed by atoms with E-state index in [-0.39, 0.29) is 18.4 Å². The lowest BCUT2D eigenvalue weighted by molar-refractivity contribution is 0.165. The van der Waals surface area contributed by atoms with E-state index in [1.54, 1.807) is 20.8 Å². The second-order valence-electron chi connectivity index (χ2n) is 5.45. The Morgan fingerprint density at radius 3 is 2.50 bits per heavy atom. The summed E-state index contributed by atoms with van der Waals surface area (Å²) in [7, 11) is -3.04. The molecule has 16 heavy (non-hydrogen) atoms. The lowest BCUT2D eigenvalue weighted by atomic mass is 10.2. The quantitative estimate of drug-likeness (QED) is 0.795. The zero-order valence-corrected chi connectivity index (χ0v) is 11.3. The highest BCUT2D eigenvalue weighted by Crippen LogP contribution is 2.19. The van der Waals surface area contributed by atoms with Gasteiger partial charge in [0.05, 0.1) is 17.1 Å². The Morgan fingerprint density at radius 2 is 2.00 bits per heavy atom. The third kappa shape index (κ3) is 3.18. The maximum Gasteiger partial charge on any atom is 0.156 e. The van der Waals surface area contributed by atoms with Crippen molar-refractivity contribution in [1.82, 2.24) is 4.90 Å². The zero-order chi connectivity index (χ0) is 12.4. The van der Waals surface area contributed by atoms with Crippen LogP contribution in [0.4, 0.5) is 0 Å². The highest BCUT2D eigenvalue weighted by Gasteiger charge is 2.31. The van der Waals surface area contributed by atoms with Crippen LogP contribution in [0.2, 0.25) is 0 Å². The molecule has 96 valence electrons. The average molecular weight is 249 g/mol. The zero-order valence-electron chi connectivity index (χ0n) is 10.4. The van der Waals surface area contributed by atoms with Crippen molar-refractivity contribution in [2.24, 2.45) is 0 Å². The summed E-state index contributed by atoms with van der Waals surface area (Å²) in [4.78, 5) is 2.09. The molecule has 1 heterocycles. The van der Waals surface area contributed by atoms with Gasteiger partial charge in [0, 0.05) is 12.6 Å². The van der Waals surface area contributed by atoms with Crippen molar-refractivity contribution in [3.8, 4) is 0 Å². The predicted molar refractivity (Wildman–Crippen MR) is 65.2 cm³/mol. The number of aliphatic hydroxyl groups excluding tert-OH is 1. The van der Waals surface area contributed by atoms with Crippen LogP contribution in [-0.4, -0.2) is 54.7 Å². The fraction of sp³-hybridized carbons (Fsp3) is 1.00. The first kappa shape index (κ1) is 13.9. The van der Waals surface area contributed by atoms with Gasteiger partial charge in [0.2, 0.25) is 0 Å². The van der Waals surface area contributed by atoms with E-state index in [2.05, 4.69) is 4.90 Å². The number of aliphatic hydroxyl groups is 1. The van der Waals surface area contributed by atoms with Gasteiger partial charge in [0.1, 0.15) is 0 Å². The van der Waals surface area contributed by atoms with Gasteiger partial charge in [-0.05, 0) is 40.2 Å². The molecule has 1 rings (SSSR count). The number of hydrogen-bond donors (Lipinski definition) is 1. The summed E-state index contributed by atoms with van der Waals surface area (Å²) < 4.78 is 23.2. The molecule has 0 bridgehead atoms. The first-order valence-electron chi connectivity index (χ1n) is 5.85. The summed E-state index contributed by atoms with van der Waals surface area (Å²) >= 11 is 0. The highest BCUT2D eigenvalue weighted by molar-refractivity contribution is 7.92. The third-order valence-electron chi connectivity index (χ3n) is 3.29. The summed E-state index contributed by atoms with van der Waals surface area (Å²) in [5, 5.41) is 9.13. The van der Waals surface area contributed by atoms with E-state index in [1.807, 2.05) is 0 Å². The Hall–Kier alpha value is -0.130. The second-order valence-corrected chi connectivity index (χ2v) is 8.31. The molecule has 1 atom stereocenters. The molecule has 0 aromatic carbocycles. The van der Waals surface area contributed by atoms with E-state index >= 15 is 0 Å². The topological polar surface area (TPSA) is 57.6 Å². The lowest BCUT2D eigenvalue weighted by Crippen LogP contribution is -2.39. The predicted octanol–water partition coefficient (Wildman–Crippen LogP) is 0.656. The minimum absolute atomic E-state index is 0.134. The van der Waals surface area contributed by atoms with Gasteiger partial charge in [-0.3, -0.25) is 4.90 Å². The van der Waals surface area contributed by atoms with Crippen LogP contribution in [0.25, 0.3) is 0 Å². The summed E-state index contributed by atoms with van der Waals surface area (Å²) in [6.45, 7) is 6.78. The molecule has 0 spiro atoms. The Bertz CT molecular complexity index is 319. The monoisotopic (exact) mass is 249 g/mol. The Labute approximate surface area is 98.6 Å². The summed E-state index contributed by atoms with van der Waals surface area (Å²) in [5.41, 5.74) is 0. The number of hydrogen-bond acceptors (Lipinski definition) is 4. The van der Waals surface area contributed by atoms with Gasteiger partial charge in [0.25, 0.3) is 0 Å². The van der Waals surface area contributed by atoms with Gasteiger partial charge in [-0.15, -0.1) is 0 Å². The van der Waals surface area contributed by atoms with Gasteiger partial charge in [-0.1, -0.05) is 0 Å². The molecule has 0 aromatic rings. The number of nitrogens with zero attached hydrogens (tertiary/aromatic N) is 1. The van der Waals surface area contributed by atoms with Crippen molar-refractivity contribution in [2.45, 2.75) is 44.4 Å². The van der Waals surface area contributed by atoms with Crippen molar-refractivity contribution in [2.75, 3.05) is 25.4 Å². The first-order chi connectivity index (χ1) is 7.28. The van der Waals surface area contributed by atoms with Crippen molar-refractivity contribution in [3.63, 3.8) is 0 Å². The van der Waals surface area contributed by atoms with Crippen molar-refractivity contribution < 1.29 is 13.5 Å². The molecule has 4 nitrogen and oxygen atoms in total. The van der Waals surface area contributed by atoms with Crippen LogP contribution in [0.5, 0.6) is 0 Å². The van der Waals surface area contributed by atoms with E-state index in [1.165, 1.54) is 0 Å². The Balaban J connectivity index is 2.52. The van der Waals surface area contributed by atoms with Gasteiger partial charge < -0.3 is 5.11 Å². The standard InChI is InChI=1S/C11H23NO3S/c1-11(2,3)16(14,15)8-7-12-6-4-5-10(12)9-13/h10,13H,4-9H2,1-3H3/t10-/m1/s1. The van der Waals surface area contributed by atoms with Crippen molar-refractivity contribution in [1.29, 1.82) is 0 Å². The number of likely N-dealkylation sites (tertiary alicyclic amines) is 1. The minimum atomic E-state index is -3.04. The molecule has 1 fully saturated rings. The molecule has 0 aromatic heterocycles. The van der Waals surface area contributed by atoms with Crippen LogP contribution in [-0.2, 0) is 9.84 Å². The molecule has 0 saturated carbocycles. The number of sulfone groups is 1. The normalized spacial score (nSPS) is 23.9. The van der Waals surface area contributed by atoms with Gasteiger partial charge >= 0.3 is 0 Å². The average Bonchev–Trinajstić information content (AvgIpc) is 2.60. The summed E-state index contributed by atoms with van der Waals surface area (Å²) in [5.74, 6) is 0.188. The smallest absolute Gasteiger partial charge is 0.156 e. The maximum atomic E-state index is 11.9. The fourth-order valence-corrected chi connectivity index (χ4v) is 3.03.